The summed E-state index contributed by atoms with van der Waals surface area (Å²) < 4.78 is 30.8. The molecule has 1 N–H and O–H groups in total. The molecule has 0 fully saturated rings. The van der Waals surface area contributed by atoms with Crippen LogP contribution in [0.4, 0.5) is 0 Å². The van der Waals surface area contributed by atoms with Crippen molar-refractivity contribution in [3.63, 3.8) is 0 Å². The van der Waals surface area contributed by atoms with Crippen molar-refractivity contribution in [1.29, 1.82) is 0 Å². The van der Waals surface area contributed by atoms with Crippen LogP contribution in [0, 0.1) is 0 Å². The minimum Gasteiger partial charge on any atom is -0.491 e. The molecule has 6 heteroatoms. The van der Waals surface area contributed by atoms with E-state index in [0.29, 0.717) is 17.2 Å². The first-order chi connectivity index (χ1) is 8.55. The summed E-state index contributed by atoms with van der Waals surface area (Å²) in [7, 11) is -3.17. The highest BCUT2D eigenvalue weighted by atomic mass is 35.5. The molecule has 102 valence electrons. The molecule has 1 aromatic carbocycles. The fourth-order valence-electron chi connectivity index (χ4n) is 1.33. The summed E-state index contributed by atoms with van der Waals surface area (Å²) in [5.41, 5.74) is 0. The summed E-state index contributed by atoms with van der Waals surface area (Å²) in [4.78, 5) is 0. The van der Waals surface area contributed by atoms with Gasteiger partial charge in [0.05, 0.1) is 10.8 Å². The monoisotopic (exact) mass is 291 g/mol. The van der Waals surface area contributed by atoms with E-state index in [9.17, 15) is 8.42 Å². The van der Waals surface area contributed by atoms with Gasteiger partial charge in [-0.2, -0.15) is 0 Å². The number of nitrogens with one attached hydrogen (secondary N) is 1. The normalized spacial score (nSPS) is 11.4. The molecule has 0 bridgehead atoms. The van der Waals surface area contributed by atoms with Gasteiger partial charge in [0.2, 0.25) is 10.0 Å². The highest BCUT2D eigenvalue weighted by Gasteiger charge is 2.08. The van der Waals surface area contributed by atoms with Gasteiger partial charge in [-0.25, -0.2) is 13.1 Å². The molecule has 0 saturated carbocycles. The van der Waals surface area contributed by atoms with Crippen molar-refractivity contribution in [2.45, 2.75) is 19.8 Å². The van der Waals surface area contributed by atoms with Crippen molar-refractivity contribution in [2.75, 3.05) is 18.9 Å². The molecule has 1 aromatic rings. The standard InChI is InChI=1S/C12H18ClNO3S/c1-2-3-10-18(15,16)14-8-9-17-12-7-5-4-6-11(12)13/h4-7,14H,2-3,8-10H2,1H3. The van der Waals surface area contributed by atoms with Crippen LogP contribution in [0.5, 0.6) is 5.75 Å². The number of unbranched alkanes of at least 4 members (excludes halogenated alkanes) is 1. The van der Waals surface area contributed by atoms with Gasteiger partial charge in [-0.05, 0) is 18.6 Å². The maximum absolute atomic E-state index is 11.5. The van der Waals surface area contributed by atoms with Crippen LogP contribution < -0.4 is 9.46 Å². The van der Waals surface area contributed by atoms with Gasteiger partial charge >= 0.3 is 0 Å². The maximum Gasteiger partial charge on any atom is 0.211 e. The van der Waals surface area contributed by atoms with Gasteiger partial charge in [-0.3, -0.25) is 0 Å². The minimum atomic E-state index is -3.17. The third-order valence-electron chi connectivity index (χ3n) is 2.28. The van der Waals surface area contributed by atoms with Crippen LogP contribution in [-0.2, 0) is 10.0 Å². The predicted molar refractivity (Wildman–Crippen MR) is 73.6 cm³/mol. The van der Waals surface area contributed by atoms with Gasteiger partial charge in [0, 0.05) is 6.54 Å². The van der Waals surface area contributed by atoms with E-state index in [1.165, 1.54) is 0 Å². The average Bonchev–Trinajstić information content (AvgIpc) is 2.34. The molecule has 0 aliphatic heterocycles. The first-order valence-electron chi connectivity index (χ1n) is 5.90. The minimum absolute atomic E-state index is 0.162. The van der Waals surface area contributed by atoms with Crippen LogP contribution in [-0.4, -0.2) is 27.3 Å². The number of hydrogen-bond donors (Lipinski definition) is 1. The summed E-state index contributed by atoms with van der Waals surface area (Å²) in [6.45, 7) is 2.46. The Morgan fingerprint density at radius 1 is 1.33 bits per heavy atom. The van der Waals surface area contributed by atoms with Gasteiger partial charge in [0.15, 0.2) is 0 Å². The van der Waals surface area contributed by atoms with E-state index in [-0.39, 0.29) is 18.9 Å². The molecule has 0 saturated heterocycles. The lowest BCUT2D eigenvalue weighted by Crippen LogP contribution is -2.30. The molecule has 0 unspecified atom stereocenters. The summed E-state index contributed by atoms with van der Waals surface area (Å²) in [6.07, 6.45) is 1.53. The molecule has 0 radical (unpaired) electrons. The topological polar surface area (TPSA) is 55.4 Å². The van der Waals surface area contributed by atoms with Crippen molar-refractivity contribution in [1.82, 2.24) is 4.72 Å². The molecule has 4 nitrogen and oxygen atoms in total. The first-order valence-corrected chi connectivity index (χ1v) is 7.93. The van der Waals surface area contributed by atoms with Crippen molar-refractivity contribution >= 4 is 21.6 Å². The van der Waals surface area contributed by atoms with Crippen molar-refractivity contribution < 1.29 is 13.2 Å². The largest absolute Gasteiger partial charge is 0.491 e. The van der Waals surface area contributed by atoms with Crippen LogP contribution in [0.2, 0.25) is 5.02 Å². The molecule has 18 heavy (non-hydrogen) atoms. The smallest absolute Gasteiger partial charge is 0.211 e. The molecule has 0 aliphatic rings. The lowest BCUT2D eigenvalue weighted by atomic mass is 10.3. The zero-order valence-electron chi connectivity index (χ0n) is 10.4. The van der Waals surface area contributed by atoms with Crippen LogP contribution in [0.15, 0.2) is 24.3 Å². The Kier molecular flexibility index (Phi) is 6.46. The van der Waals surface area contributed by atoms with Gasteiger partial charge in [0.25, 0.3) is 0 Å². The number of ether oxygens (including phenoxy) is 1. The third-order valence-corrected chi connectivity index (χ3v) is 4.07. The van der Waals surface area contributed by atoms with E-state index in [1.54, 1.807) is 12.1 Å². The highest BCUT2D eigenvalue weighted by molar-refractivity contribution is 7.89. The van der Waals surface area contributed by atoms with Gasteiger partial charge in [-0.15, -0.1) is 0 Å². The van der Waals surface area contributed by atoms with Gasteiger partial charge in [0.1, 0.15) is 12.4 Å². The van der Waals surface area contributed by atoms with E-state index in [1.807, 2.05) is 19.1 Å². The second-order valence-corrected chi connectivity index (χ2v) is 6.18. The van der Waals surface area contributed by atoms with Crippen molar-refractivity contribution in [3.8, 4) is 5.75 Å². The Bertz CT molecular complexity index is 462. The Morgan fingerprint density at radius 3 is 2.72 bits per heavy atom. The Morgan fingerprint density at radius 2 is 2.06 bits per heavy atom. The van der Waals surface area contributed by atoms with Crippen LogP contribution in [0.25, 0.3) is 0 Å². The highest BCUT2D eigenvalue weighted by Crippen LogP contribution is 2.22. The molecule has 1 rings (SSSR count). The summed E-state index contributed by atoms with van der Waals surface area (Å²) in [5.74, 6) is 0.724. The average molecular weight is 292 g/mol. The zero-order valence-corrected chi connectivity index (χ0v) is 11.9. The maximum atomic E-state index is 11.5. The quantitative estimate of drug-likeness (QED) is 0.749. The number of benzene rings is 1. The van der Waals surface area contributed by atoms with Gasteiger partial charge in [-0.1, -0.05) is 37.1 Å². The summed E-state index contributed by atoms with van der Waals surface area (Å²) in [5, 5.41) is 0.520. The number of rotatable bonds is 8. The molecule has 0 aliphatic carbocycles. The van der Waals surface area contributed by atoms with Crippen molar-refractivity contribution in [2.24, 2.45) is 0 Å². The summed E-state index contributed by atoms with van der Waals surface area (Å²) >= 11 is 5.90. The molecule has 0 amide bonds. The third kappa shape index (κ3) is 5.71. The SMILES string of the molecule is CCCCS(=O)(=O)NCCOc1ccccc1Cl. The molecular formula is C12H18ClNO3S. The van der Waals surface area contributed by atoms with Gasteiger partial charge < -0.3 is 4.74 Å². The molecular weight excluding hydrogens is 274 g/mol. The second-order valence-electron chi connectivity index (χ2n) is 3.85. The molecule has 0 heterocycles. The second kappa shape index (κ2) is 7.61. The molecule has 0 aromatic heterocycles. The Balaban J connectivity index is 2.29. The van der Waals surface area contributed by atoms with E-state index < -0.39 is 10.0 Å². The summed E-state index contributed by atoms with van der Waals surface area (Å²) in [6, 6.07) is 7.09. The number of hydrogen-bond acceptors (Lipinski definition) is 3. The lowest BCUT2D eigenvalue weighted by Gasteiger charge is -2.09. The molecule has 0 spiro atoms. The van der Waals surface area contributed by atoms with Crippen LogP contribution >= 0.6 is 11.6 Å². The first kappa shape index (κ1) is 15.3. The lowest BCUT2D eigenvalue weighted by molar-refractivity contribution is 0.323. The van der Waals surface area contributed by atoms with E-state index in [0.717, 1.165) is 6.42 Å². The Labute approximate surface area is 113 Å². The predicted octanol–water partition coefficient (Wildman–Crippen LogP) is 2.44. The number of sulfonamides is 1. The van der Waals surface area contributed by atoms with E-state index in [2.05, 4.69) is 4.72 Å². The van der Waals surface area contributed by atoms with Crippen LogP contribution in [0.1, 0.15) is 19.8 Å². The zero-order chi connectivity index (χ0) is 13.4. The number of para-hydroxylation sites is 1. The number of halogens is 1. The van der Waals surface area contributed by atoms with Crippen LogP contribution in [0.3, 0.4) is 0 Å². The fraction of sp³-hybridized carbons (Fsp3) is 0.500. The molecule has 0 atom stereocenters. The van der Waals surface area contributed by atoms with E-state index >= 15 is 0 Å². The van der Waals surface area contributed by atoms with Crippen molar-refractivity contribution in [3.05, 3.63) is 29.3 Å². The Hall–Kier alpha value is -0.780. The fourth-order valence-corrected chi connectivity index (χ4v) is 2.72. The van der Waals surface area contributed by atoms with E-state index in [4.69, 9.17) is 16.3 Å².